The average Bonchev–Trinajstić information content (AvgIpc) is 2.36. The average molecular weight is 218 g/mol. The van der Waals surface area contributed by atoms with Gasteiger partial charge in [0.25, 0.3) is 0 Å². The van der Waals surface area contributed by atoms with Crippen molar-refractivity contribution in [3.63, 3.8) is 0 Å². The molecule has 1 aromatic rings. The number of fused-ring (bicyclic) bond motifs is 1. The summed E-state index contributed by atoms with van der Waals surface area (Å²) in [5, 5.41) is 0. The van der Waals surface area contributed by atoms with Crippen molar-refractivity contribution in [2.45, 2.75) is 51.5 Å². The van der Waals surface area contributed by atoms with Gasteiger partial charge in [-0.15, -0.1) is 0 Å². The predicted molar refractivity (Wildman–Crippen MR) is 67.3 cm³/mol. The van der Waals surface area contributed by atoms with Crippen LogP contribution in [-0.2, 0) is 6.42 Å². The molecule has 0 bridgehead atoms. The number of aryl methyl sites for hydroxylation is 1. The van der Waals surface area contributed by atoms with E-state index in [9.17, 15) is 0 Å². The Kier molecular flexibility index (Phi) is 3.59. The molecule has 3 atom stereocenters. The van der Waals surface area contributed by atoms with Gasteiger partial charge in [-0.3, -0.25) is 4.98 Å². The minimum atomic E-state index is 0.263. The van der Waals surface area contributed by atoms with Gasteiger partial charge >= 0.3 is 0 Å². The lowest BCUT2D eigenvalue weighted by atomic mass is 9.78. The Morgan fingerprint density at radius 1 is 1.56 bits per heavy atom. The maximum atomic E-state index is 6.38. The molecule has 0 fully saturated rings. The van der Waals surface area contributed by atoms with Crippen molar-refractivity contribution in [2.75, 3.05) is 0 Å². The molecule has 0 aliphatic heterocycles. The minimum Gasteiger partial charge on any atom is -0.327 e. The molecule has 0 saturated carbocycles. The summed E-state index contributed by atoms with van der Waals surface area (Å²) in [6.07, 6.45) is 6.69. The van der Waals surface area contributed by atoms with Gasteiger partial charge in [0.2, 0.25) is 0 Å². The molecule has 2 nitrogen and oxygen atoms in total. The number of nitrogens with zero attached hydrogens (tertiary/aromatic N) is 1. The van der Waals surface area contributed by atoms with Gasteiger partial charge in [0.15, 0.2) is 0 Å². The molecule has 0 amide bonds. The van der Waals surface area contributed by atoms with E-state index in [2.05, 4.69) is 24.9 Å². The number of hydrogen-bond donors (Lipinski definition) is 1. The number of hydrogen-bond acceptors (Lipinski definition) is 2. The summed E-state index contributed by atoms with van der Waals surface area (Å²) in [7, 11) is 0. The fourth-order valence-corrected chi connectivity index (χ4v) is 2.69. The van der Waals surface area contributed by atoms with Crippen LogP contribution in [-0.4, -0.2) is 11.0 Å². The lowest BCUT2D eigenvalue weighted by Gasteiger charge is -2.32. The summed E-state index contributed by atoms with van der Waals surface area (Å²) in [5.74, 6) is 1.05. The molecule has 1 aliphatic carbocycles. The third-order valence-corrected chi connectivity index (χ3v) is 4.00. The molecule has 1 heterocycles. The van der Waals surface area contributed by atoms with Crippen LogP contribution in [0.15, 0.2) is 18.3 Å². The third-order valence-electron chi connectivity index (χ3n) is 4.00. The second-order valence-electron chi connectivity index (χ2n) is 5.01. The van der Waals surface area contributed by atoms with Crippen molar-refractivity contribution in [2.24, 2.45) is 11.7 Å². The molecule has 2 N–H and O–H groups in total. The molecule has 1 aliphatic rings. The second-order valence-corrected chi connectivity index (χ2v) is 5.01. The van der Waals surface area contributed by atoms with Crippen LogP contribution in [0, 0.1) is 5.92 Å². The first-order chi connectivity index (χ1) is 7.74. The third kappa shape index (κ3) is 2.12. The maximum Gasteiger partial charge on any atom is 0.0481 e. The van der Waals surface area contributed by atoms with E-state index in [0.717, 1.165) is 6.42 Å². The Morgan fingerprint density at radius 2 is 2.38 bits per heavy atom. The van der Waals surface area contributed by atoms with Crippen molar-refractivity contribution >= 4 is 0 Å². The molecule has 16 heavy (non-hydrogen) atoms. The first-order valence-electron chi connectivity index (χ1n) is 6.43. The zero-order valence-electron chi connectivity index (χ0n) is 10.3. The van der Waals surface area contributed by atoms with E-state index >= 15 is 0 Å². The Labute approximate surface area is 98.3 Å². The Hall–Kier alpha value is -0.890. The molecule has 0 saturated heterocycles. The van der Waals surface area contributed by atoms with E-state index in [1.807, 2.05) is 12.3 Å². The van der Waals surface area contributed by atoms with Crippen molar-refractivity contribution in [3.8, 4) is 0 Å². The summed E-state index contributed by atoms with van der Waals surface area (Å²) in [6, 6.07) is 4.51. The molecular formula is C14H22N2. The Bertz CT molecular complexity index is 348. The van der Waals surface area contributed by atoms with Gasteiger partial charge in [0.05, 0.1) is 0 Å². The first kappa shape index (κ1) is 11.6. The summed E-state index contributed by atoms with van der Waals surface area (Å²) < 4.78 is 0. The molecule has 3 unspecified atom stereocenters. The molecule has 2 heteroatoms. The highest BCUT2D eigenvalue weighted by molar-refractivity contribution is 5.27. The second kappa shape index (κ2) is 4.96. The highest BCUT2D eigenvalue weighted by Crippen LogP contribution is 2.34. The van der Waals surface area contributed by atoms with E-state index in [0.29, 0.717) is 11.8 Å². The number of pyridine rings is 1. The van der Waals surface area contributed by atoms with Crippen LogP contribution in [0.3, 0.4) is 0 Å². The number of nitrogens with two attached hydrogens (primary N) is 1. The molecular weight excluding hydrogens is 196 g/mol. The highest BCUT2D eigenvalue weighted by Gasteiger charge is 2.29. The van der Waals surface area contributed by atoms with Crippen LogP contribution in [0.25, 0.3) is 0 Å². The lowest BCUT2D eigenvalue weighted by molar-refractivity contribution is 0.348. The molecule has 1 aromatic heterocycles. The van der Waals surface area contributed by atoms with Crippen molar-refractivity contribution in [1.82, 2.24) is 4.98 Å². The van der Waals surface area contributed by atoms with Crippen LogP contribution in [0.5, 0.6) is 0 Å². The molecule has 0 radical (unpaired) electrons. The van der Waals surface area contributed by atoms with Gasteiger partial charge in [-0.1, -0.05) is 26.3 Å². The molecule has 0 aromatic carbocycles. The monoisotopic (exact) mass is 218 g/mol. The van der Waals surface area contributed by atoms with Crippen molar-refractivity contribution in [3.05, 3.63) is 29.6 Å². The topological polar surface area (TPSA) is 38.9 Å². The van der Waals surface area contributed by atoms with Gasteiger partial charge in [-0.25, -0.2) is 0 Å². The van der Waals surface area contributed by atoms with Crippen LogP contribution in [0.2, 0.25) is 0 Å². The molecule has 0 spiro atoms. The number of rotatable bonds is 3. The standard InChI is InChI=1S/C14H22N2/c1-3-10(2)13(15)12-8-4-6-11-7-5-9-16-14(11)12/h5,7,9-10,12-13H,3-4,6,8,15H2,1-2H3. The molecule has 2 rings (SSSR count). The number of aromatic nitrogens is 1. The summed E-state index contributed by atoms with van der Waals surface area (Å²) in [4.78, 5) is 4.56. The maximum absolute atomic E-state index is 6.38. The van der Waals surface area contributed by atoms with E-state index in [1.165, 1.54) is 30.5 Å². The largest absolute Gasteiger partial charge is 0.327 e. The Balaban J connectivity index is 2.24. The van der Waals surface area contributed by atoms with Crippen molar-refractivity contribution < 1.29 is 0 Å². The summed E-state index contributed by atoms with van der Waals surface area (Å²) in [6.45, 7) is 4.47. The van der Waals surface area contributed by atoms with Crippen LogP contribution in [0.1, 0.15) is 50.3 Å². The van der Waals surface area contributed by atoms with Crippen LogP contribution >= 0.6 is 0 Å². The SMILES string of the molecule is CCC(C)C(N)C1CCCc2cccnc21. The lowest BCUT2D eigenvalue weighted by Crippen LogP contribution is -2.36. The van der Waals surface area contributed by atoms with Gasteiger partial charge in [0, 0.05) is 23.9 Å². The van der Waals surface area contributed by atoms with Gasteiger partial charge in [-0.05, 0) is 36.8 Å². The van der Waals surface area contributed by atoms with E-state index < -0.39 is 0 Å². The quantitative estimate of drug-likeness (QED) is 0.847. The molecule has 88 valence electrons. The van der Waals surface area contributed by atoms with E-state index in [-0.39, 0.29) is 6.04 Å². The van der Waals surface area contributed by atoms with Crippen LogP contribution < -0.4 is 5.73 Å². The smallest absolute Gasteiger partial charge is 0.0481 e. The van der Waals surface area contributed by atoms with Crippen molar-refractivity contribution in [1.29, 1.82) is 0 Å². The zero-order valence-corrected chi connectivity index (χ0v) is 10.3. The fraction of sp³-hybridized carbons (Fsp3) is 0.643. The first-order valence-corrected chi connectivity index (χ1v) is 6.43. The zero-order chi connectivity index (χ0) is 11.5. The van der Waals surface area contributed by atoms with E-state index in [4.69, 9.17) is 5.73 Å². The van der Waals surface area contributed by atoms with Gasteiger partial charge in [-0.2, -0.15) is 0 Å². The fourth-order valence-electron chi connectivity index (χ4n) is 2.69. The normalized spacial score (nSPS) is 23.6. The van der Waals surface area contributed by atoms with Gasteiger partial charge < -0.3 is 5.73 Å². The predicted octanol–water partition coefficient (Wildman–Crippen LogP) is 2.87. The Morgan fingerprint density at radius 3 is 3.12 bits per heavy atom. The summed E-state index contributed by atoms with van der Waals surface area (Å²) >= 11 is 0. The highest BCUT2D eigenvalue weighted by atomic mass is 14.8. The van der Waals surface area contributed by atoms with Crippen LogP contribution in [0.4, 0.5) is 0 Å². The minimum absolute atomic E-state index is 0.263. The summed E-state index contributed by atoms with van der Waals surface area (Å²) in [5.41, 5.74) is 9.06. The van der Waals surface area contributed by atoms with E-state index in [1.54, 1.807) is 0 Å². The van der Waals surface area contributed by atoms with Gasteiger partial charge in [0.1, 0.15) is 0 Å².